The highest BCUT2D eigenvalue weighted by atomic mass is 31.2. The first-order valence-electron chi connectivity index (χ1n) is 3.67. The highest BCUT2D eigenvalue weighted by molar-refractivity contribution is 7.47. The van der Waals surface area contributed by atoms with Crippen molar-refractivity contribution in [2.24, 2.45) is 0 Å². The minimum atomic E-state index is -4.80. The van der Waals surface area contributed by atoms with Gasteiger partial charge in [0.2, 0.25) is 0 Å². The van der Waals surface area contributed by atoms with Crippen LogP contribution in [0.2, 0.25) is 0 Å². The lowest BCUT2D eigenvalue weighted by Gasteiger charge is -2.17. The molecule has 0 fully saturated rings. The van der Waals surface area contributed by atoms with Crippen LogP contribution < -0.4 is 0 Å². The van der Waals surface area contributed by atoms with Crippen molar-refractivity contribution in [3.8, 4) is 0 Å². The summed E-state index contributed by atoms with van der Waals surface area (Å²) >= 11 is 0. The average molecular weight is 266 g/mol. The van der Waals surface area contributed by atoms with E-state index in [0.717, 1.165) is 6.92 Å². The highest BCUT2D eigenvalue weighted by Crippen LogP contribution is 2.47. The van der Waals surface area contributed by atoms with Crippen molar-refractivity contribution in [2.75, 3.05) is 13.2 Å². The third-order valence-corrected chi connectivity index (χ3v) is 2.56. The van der Waals surface area contributed by atoms with Crippen LogP contribution >= 0.6 is 15.6 Å². The van der Waals surface area contributed by atoms with Gasteiger partial charge in [-0.25, -0.2) is 9.13 Å². The summed E-state index contributed by atoms with van der Waals surface area (Å²) in [6.45, 7) is 0.0579. The van der Waals surface area contributed by atoms with Gasteiger partial charge < -0.3 is 19.8 Å². The van der Waals surface area contributed by atoms with Gasteiger partial charge in [0, 0.05) is 0 Å². The van der Waals surface area contributed by atoms with E-state index in [1.54, 1.807) is 0 Å². The molecule has 0 radical (unpaired) electrons. The van der Waals surface area contributed by atoms with E-state index in [1.165, 1.54) is 0 Å². The second-order valence-corrected chi connectivity index (χ2v) is 4.89. The fourth-order valence-electron chi connectivity index (χ4n) is 0.587. The standard InChI is InChI=1S/C4H12O9P2/c1-4(12-14(6,7)8)13-15(9,10)11-3-2-5/h4-5H,2-3H2,1H3,(H,9,10)(H2,6,7,8). The van der Waals surface area contributed by atoms with Crippen molar-refractivity contribution in [3.05, 3.63) is 0 Å². The summed E-state index contributed by atoms with van der Waals surface area (Å²) in [4.78, 5) is 25.5. The molecule has 0 aromatic carbocycles. The van der Waals surface area contributed by atoms with Crippen LogP contribution in [-0.4, -0.2) is 39.3 Å². The molecule has 0 rings (SSSR count). The molecule has 0 aliphatic rings. The normalized spacial score (nSPS) is 18.5. The number of rotatable bonds is 7. The van der Waals surface area contributed by atoms with Gasteiger partial charge in [-0.05, 0) is 6.92 Å². The third kappa shape index (κ3) is 9.13. The molecule has 0 aromatic heterocycles. The van der Waals surface area contributed by atoms with Crippen LogP contribution in [0.5, 0.6) is 0 Å². The van der Waals surface area contributed by atoms with Gasteiger partial charge in [0.05, 0.1) is 13.2 Å². The summed E-state index contributed by atoms with van der Waals surface area (Å²) in [5, 5.41) is 8.28. The maximum atomic E-state index is 10.9. The Morgan fingerprint density at radius 3 is 2.13 bits per heavy atom. The minimum Gasteiger partial charge on any atom is -0.394 e. The Labute approximate surface area is 85.5 Å². The van der Waals surface area contributed by atoms with E-state index in [9.17, 15) is 9.13 Å². The lowest BCUT2D eigenvalue weighted by Crippen LogP contribution is -2.11. The van der Waals surface area contributed by atoms with E-state index in [2.05, 4.69) is 13.6 Å². The zero-order valence-corrected chi connectivity index (χ0v) is 9.50. The lowest BCUT2D eigenvalue weighted by molar-refractivity contribution is -0.0270. The molecular formula is C4H12O9P2. The molecular weight excluding hydrogens is 254 g/mol. The maximum absolute atomic E-state index is 10.9. The largest absolute Gasteiger partial charge is 0.474 e. The molecule has 0 aliphatic carbocycles. The van der Waals surface area contributed by atoms with E-state index in [1.807, 2.05) is 0 Å². The summed E-state index contributed by atoms with van der Waals surface area (Å²) in [6.07, 6.45) is -1.62. The van der Waals surface area contributed by atoms with E-state index in [0.29, 0.717) is 0 Å². The van der Waals surface area contributed by atoms with Gasteiger partial charge >= 0.3 is 15.6 Å². The van der Waals surface area contributed by atoms with Crippen molar-refractivity contribution < 1.29 is 42.5 Å². The first-order valence-corrected chi connectivity index (χ1v) is 6.69. The van der Waals surface area contributed by atoms with E-state index < -0.39 is 35.1 Å². The summed E-state index contributed by atoms with van der Waals surface area (Å²) in [5.74, 6) is 0. The molecule has 0 heterocycles. The quantitative estimate of drug-likeness (QED) is 0.356. The third-order valence-electron chi connectivity index (χ3n) is 0.913. The van der Waals surface area contributed by atoms with Crippen LogP contribution in [0.25, 0.3) is 0 Å². The van der Waals surface area contributed by atoms with Gasteiger partial charge in [-0.1, -0.05) is 0 Å². The van der Waals surface area contributed by atoms with Crippen molar-refractivity contribution >= 4 is 15.6 Å². The van der Waals surface area contributed by atoms with Crippen LogP contribution in [0.3, 0.4) is 0 Å². The smallest absolute Gasteiger partial charge is 0.394 e. The molecule has 11 heteroatoms. The van der Waals surface area contributed by atoms with Crippen LogP contribution in [-0.2, 0) is 22.7 Å². The van der Waals surface area contributed by atoms with Crippen molar-refractivity contribution in [2.45, 2.75) is 13.2 Å². The molecule has 2 unspecified atom stereocenters. The fourth-order valence-corrected chi connectivity index (χ4v) is 1.88. The van der Waals surface area contributed by atoms with Crippen LogP contribution in [0, 0.1) is 0 Å². The first kappa shape index (κ1) is 15.2. The monoisotopic (exact) mass is 266 g/mol. The molecule has 4 N–H and O–H groups in total. The van der Waals surface area contributed by atoms with Gasteiger partial charge in [-0.2, -0.15) is 0 Å². The molecule has 2 atom stereocenters. The Bertz CT molecular complexity index is 271. The molecule has 0 aliphatic heterocycles. The molecule has 0 amide bonds. The fraction of sp³-hybridized carbons (Fsp3) is 1.00. The van der Waals surface area contributed by atoms with Gasteiger partial charge in [-0.3, -0.25) is 13.6 Å². The number of phosphoric ester groups is 2. The van der Waals surface area contributed by atoms with E-state index in [-0.39, 0.29) is 0 Å². The predicted molar refractivity (Wildman–Crippen MR) is 46.5 cm³/mol. The van der Waals surface area contributed by atoms with Crippen molar-refractivity contribution in [1.29, 1.82) is 0 Å². The minimum absolute atomic E-state index is 0.448. The van der Waals surface area contributed by atoms with Crippen LogP contribution in [0.15, 0.2) is 0 Å². The molecule has 0 saturated heterocycles. The summed E-state index contributed by atoms with van der Waals surface area (Å²) in [5.41, 5.74) is 0. The molecule has 15 heavy (non-hydrogen) atoms. The van der Waals surface area contributed by atoms with Crippen LogP contribution in [0.1, 0.15) is 6.92 Å². The number of hydrogen-bond donors (Lipinski definition) is 4. The topological polar surface area (TPSA) is 143 Å². The molecule has 0 aromatic rings. The van der Waals surface area contributed by atoms with E-state index >= 15 is 0 Å². The van der Waals surface area contributed by atoms with Crippen molar-refractivity contribution in [3.63, 3.8) is 0 Å². The van der Waals surface area contributed by atoms with Gasteiger partial charge in [-0.15, -0.1) is 0 Å². The Balaban J connectivity index is 4.10. The second-order valence-electron chi connectivity index (χ2n) is 2.29. The van der Waals surface area contributed by atoms with Crippen LogP contribution in [0.4, 0.5) is 0 Å². The van der Waals surface area contributed by atoms with Crippen molar-refractivity contribution in [1.82, 2.24) is 0 Å². The predicted octanol–water partition coefficient (Wildman–Crippen LogP) is -0.432. The highest BCUT2D eigenvalue weighted by Gasteiger charge is 2.28. The summed E-state index contributed by atoms with van der Waals surface area (Å²) in [6, 6.07) is 0. The Morgan fingerprint density at radius 1 is 1.20 bits per heavy atom. The lowest BCUT2D eigenvalue weighted by atomic mass is 10.8. The SMILES string of the molecule is CC(OP(=O)(O)O)OP(=O)(O)OCCO. The Morgan fingerprint density at radius 2 is 1.73 bits per heavy atom. The maximum Gasteiger partial charge on any atom is 0.474 e. The number of hydrogen-bond acceptors (Lipinski definition) is 6. The number of aliphatic hydroxyl groups excluding tert-OH is 1. The second kappa shape index (κ2) is 6.05. The number of phosphoric acid groups is 2. The zero-order chi connectivity index (χ0) is 12.1. The molecule has 9 nitrogen and oxygen atoms in total. The summed E-state index contributed by atoms with van der Waals surface area (Å²) < 4.78 is 33.5. The first-order chi connectivity index (χ1) is 6.66. The average Bonchev–Trinajstić information content (AvgIpc) is 1.95. The molecule has 0 bridgehead atoms. The Kier molecular flexibility index (Phi) is 6.12. The Hall–Kier alpha value is 0.180. The molecule has 0 spiro atoms. The van der Waals surface area contributed by atoms with E-state index in [4.69, 9.17) is 19.8 Å². The molecule has 92 valence electrons. The number of aliphatic hydroxyl groups is 1. The van der Waals surface area contributed by atoms with Gasteiger partial charge in [0.1, 0.15) is 0 Å². The van der Waals surface area contributed by atoms with Gasteiger partial charge in [0.15, 0.2) is 6.29 Å². The molecule has 0 saturated carbocycles. The summed E-state index contributed by atoms with van der Waals surface area (Å²) in [7, 11) is -9.28. The van der Waals surface area contributed by atoms with Gasteiger partial charge in [0.25, 0.3) is 0 Å². The zero-order valence-electron chi connectivity index (χ0n) is 7.72.